The molecule has 0 aliphatic carbocycles. The fraction of sp³-hybridized carbons (Fsp3) is 0.211. The third-order valence-electron chi connectivity index (χ3n) is 3.88. The van der Waals surface area contributed by atoms with Gasteiger partial charge in [-0.3, -0.25) is 4.79 Å². The molecular formula is C19H20N2O2. The second kappa shape index (κ2) is 6.16. The maximum atomic E-state index is 12.6. The number of rotatable bonds is 4. The molecule has 23 heavy (non-hydrogen) atoms. The standard InChI is InChI=1S/C19H20N2O2/c1-4-23-17-8-6-5-7-16(17)21-19(22)18-13(3)14-11-12(2)9-10-15(14)20-18/h5-11,20H,4H2,1-3H3,(H,21,22). The third kappa shape index (κ3) is 2.93. The molecule has 2 N–H and O–H groups in total. The normalized spacial score (nSPS) is 10.7. The van der Waals surface area contributed by atoms with Gasteiger partial charge in [0.05, 0.1) is 12.3 Å². The van der Waals surface area contributed by atoms with Gasteiger partial charge in [0.15, 0.2) is 0 Å². The Kier molecular flexibility index (Phi) is 4.06. The largest absolute Gasteiger partial charge is 0.492 e. The van der Waals surface area contributed by atoms with Gasteiger partial charge in [-0.05, 0) is 50.6 Å². The number of nitrogens with one attached hydrogen (secondary N) is 2. The van der Waals surface area contributed by atoms with Crippen LogP contribution in [-0.2, 0) is 0 Å². The van der Waals surface area contributed by atoms with Crippen molar-refractivity contribution in [1.82, 2.24) is 4.98 Å². The zero-order valence-corrected chi connectivity index (χ0v) is 13.6. The Morgan fingerprint density at radius 3 is 2.74 bits per heavy atom. The average molecular weight is 308 g/mol. The first-order valence-corrected chi connectivity index (χ1v) is 7.72. The monoisotopic (exact) mass is 308 g/mol. The quantitative estimate of drug-likeness (QED) is 0.749. The van der Waals surface area contributed by atoms with Crippen LogP contribution in [0.5, 0.6) is 5.75 Å². The summed E-state index contributed by atoms with van der Waals surface area (Å²) in [5.74, 6) is 0.511. The molecule has 3 rings (SSSR count). The molecule has 0 aliphatic heterocycles. The smallest absolute Gasteiger partial charge is 0.272 e. The molecule has 1 aromatic heterocycles. The highest BCUT2D eigenvalue weighted by Crippen LogP contribution is 2.27. The molecule has 2 aromatic carbocycles. The van der Waals surface area contributed by atoms with Gasteiger partial charge in [0, 0.05) is 10.9 Å². The molecule has 0 atom stereocenters. The van der Waals surface area contributed by atoms with Crippen molar-refractivity contribution in [2.45, 2.75) is 20.8 Å². The van der Waals surface area contributed by atoms with Crippen molar-refractivity contribution < 1.29 is 9.53 Å². The molecule has 0 radical (unpaired) electrons. The van der Waals surface area contributed by atoms with Gasteiger partial charge in [0.2, 0.25) is 0 Å². The van der Waals surface area contributed by atoms with Gasteiger partial charge in [-0.1, -0.05) is 23.8 Å². The lowest BCUT2D eigenvalue weighted by Crippen LogP contribution is -2.14. The number of amides is 1. The number of para-hydroxylation sites is 2. The molecule has 3 aromatic rings. The van der Waals surface area contributed by atoms with Crippen LogP contribution in [0.25, 0.3) is 10.9 Å². The Bertz CT molecular complexity index is 865. The number of aromatic nitrogens is 1. The summed E-state index contributed by atoms with van der Waals surface area (Å²) in [5.41, 5.74) is 4.35. The highest BCUT2D eigenvalue weighted by Gasteiger charge is 2.16. The number of H-pyrrole nitrogens is 1. The Morgan fingerprint density at radius 2 is 1.96 bits per heavy atom. The third-order valence-corrected chi connectivity index (χ3v) is 3.88. The topological polar surface area (TPSA) is 54.1 Å². The number of aromatic amines is 1. The number of carbonyl (C=O) groups is 1. The van der Waals surface area contributed by atoms with Gasteiger partial charge < -0.3 is 15.0 Å². The SMILES string of the molecule is CCOc1ccccc1NC(=O)c1[nH]c2ccc(C)cc2c1C. The molecule has 0 fully saturated rings. The summed E-state index contributed by atoms with van der Waals surface area (Å²) in [6.45, 7) is 6.48. The van der Waals surface area contributed by atoms with Gasteiger partial charge >= 0.3 is 0 Å². The fourth-order valence-corrected chi connectivity index (χ4v) is 2.70. The van der Waals surface area contributed by atoms with E-state index in [1.165, 1.54) is 5.56 Å². The first-order chi connectivity index (χ1) is 11.1. The summed E-state index contributed by atoms with van der Waals surface area (Å²) in [6.07, 6.45) is 0. The molecule has 1 amide bonds. The highest BCUT2D eigenvalue weighted by atomic mass is 16.5. The zero-order chi connectivity index (χ0) is 16.4. The van der Waals surface area contributed by atoms with E-state index in [4.69, 9.17) is 4.74 Å². The number of ether oxygens (including phenoxy) is 1. The number of aryl methyl sites for hydroxylation is 2. The average Bonchev–Trinajstić information content (AvgIpc) is 2.86. The number of hydrogen-bond acceptors (Lipinski definition) is 2. The van der Waals surface area contributed by atoms with Gasteiger partial charge in [-0.2, -0.15) is 0 Å². The minimum Gasteiger partial charge on any atom is -0.492 e. The fourth-order valence-electron chi connectivity index (χ4n) is 2.70. The lowest BCUT2D eigenvalue weighted by molar-refractivity contribution is 0.102. The minimum atomic E-state index is -0.163. The maximum Gasteiger partial charge on any atom is 0.272 e. The van der Waals surface area contributed by atoms with E-state index in [0.717, 1.165) is 16.5 Å². The second-order valence-electron chi connectivity index (χ2n) is 5.56. The molecule has 1 heterocycles. The number of fused-ring (bicyclic) bond motifs is 1. The summed E-state index contributed by atoms with van der Waals surface area (Å²) in [6, 6.07) is 13.6. The summed E-state index contributed by atoms with van der Waals surface area (Å²) < 4.78 is 5.55. The minimum absolute atomic E-state index is 0.163. The van der Waals surface area contributed by atoms with E-state index in [1.807, 2.05) is 57.2 Å². The zero-order valence-electron chi connectivity index (χ0n) is 13.6. The van der Waals surface area contributed by atoms with Crippen LogP contribution in [0.4, 0.5) is 5.69 Å². The van der Waals surface area contributed by atoms with Gasteiger partial charge in [0.25, 0.3) is 5.91 Å². The molecule has 0 saturated carbocycles. The van der Waals surface area contributed by atoms with Crippen molar-refractivity contribution in [3.05, 3.63) is 59.3 Å². The van der Waals surface area contributed by atoms with Crippen LogP contribution in [0.15, 0.2) is 42.5 Å². The van der Waals surface area contributed by atoms with Crippen LogP contribution in [0, 0.1) is 13.8 Å². The van der Waals surface area contributed by atoms with Crippen molar-refractivity contribution in [3.8, 4) is 5.75 Å². The predicted octanol–water partition coefficient (Wildman–Crippen LogP) is 4.44. The summed E-state index contributed by atoms with van der Waals surface area (Å²) in [4.78, 5) is 15.9. The van der Waals surface area contributed by atoms with Crippen molar-refractivity contribution in [3.63, 3.8) is 0 Å². The van der Waals surface area contributed by atoms with Gasteiger partial charge in [-0.25, -0.2) is 0 Å². The molecule has 4 nitrogen and oxygen atoms in total. The Hall–Kier alpha value is -2.75. The first kappa shape index (κ1) is 15.2. The summed E-state index contributed by atoms with van der Waals surface area (Å²) in [7, 11) is 0. The number of benzene rings is 2. The lowest BCUT2D eigenvalue weighted by Gasteiger charge is -2.11. The van der Waals surface area contributed by atoms with Crippen molar-refractivity contribution in [2.24, 2.45) is 0 Å². The molecule has 118 valence electrons. The Labute approximate surface area is 135 Å². The predicted molar refractivity (Wildman–Crippen MR) is 93.3 cm³/mol. The van der Waals surface area contributed by atoms with E-state index < -0.39 is 0 Å². The van der Waals surface area contributed by atoms with Crippen LogP contribution >= 0.6 is 0 Å². The number of carbonyl (C=O) groups excluding carboxylic acids is 1. The summed E-state index contributed by atoms with van der Waals surface area (Å²) >= 11 is 0. The van der Waals surface area contributed by atoms with Crippen LogP contribution in [0.2, 0.25) is 0 Å². The molecule has 0 bridgehead atoms. The van der Waals surface area contributed by atoms with Crippen LogP contribution in [-0.4, -0.2) is 17.5 Å². The van der Waals surface area contributed by atoms with E-state index in [9.17, 15) is 4.79 Å². The molecule has 0 aliphatic rings. The second-order valence-corrected chi connectivity index (χ2v) is 5.56. The first-order valence-electron chi connectivity index (χ1n) is 7.72. The molecule has 4 heteroatoms. The number of hydrogen-bond donors (Lipinski definition) is 2. The molecular weight excluding hydrogens is 288 g/mol. The Balaban J connectivity index is 1.94. The van der Waals surface area contributed by atoms with E-state index >= 15 is 0 Å². The number of anilines is 1. The molecule has 0 saturated heterocycles. The van der Waals surface area contributed by atoms with Crippen molar-refractivity contribution >= 4 is 22.5 Å². The Morgan fingerprint density at radius 1 is 1.17 bits per heavy atom. The molecule has 0 spiro atoms. The highest BCUT2D eigenvalue weighted by molar-refractivity contribution is 6.08. The van der Waals surface area contributed by atoms with Crippen molar-refractivity contribution in [2.75, 3.05) is 11.9 Å². The van der Waals surface area contributed by atoms with E-state index in [0.29, 0.717) is 23.7 Å². The van der Waals surface area contributed by atoms with Crippen LogP contribution in [0.3, 0.4) is 0 Å². The van der Waals surface area contributed by atoms with Crippen LogP contribution < -0.4 is 10.1 Å². The maximum absolute atomic E-state index is 12.6. The van der Waals surface area contributed by atoms with Gasteiger partial charge in [0.1, 0.15) is 11.4 Å². The van der Waals surface area contributed by atoms with E-state index in [1.54, 1.807) is 0 Å². The van der Waals surface area contributed by atoms with E-state index in [2.05, 4.69) is 16.4 Å². The van der Waals surface area contributed by atoms with E-state index in [-0.39, 0.29) is 5.91 Å². The lowest BCUT2D eigenvalue weighted by atomic mass is 10.1. The van der Waals surface area contributed by atoms with Gasteiger partial charge in [-0.15, -0.1) is 0 Å². The van der Waals surface area contributed by atoms with Crippen molar-refractivity contribution in [1.29, 1.82) is 0 Å². The van der Waals surface area contributed by atoms with Crippen LogP contribution in [0.1, 0.15) is 28.5 Å². The molecule has 0 unspecified atom stereocenters. The summed E-state index contributed by atoms with van der Waals surface area (Å²) in [5, 5.41) is 4.01.